The van der Waals surface area contributed by atoms with Crippen molar-refractivity contribution in [3.05, 3.63) is 0 Å². The smallest absolute Gasteiger partial charge is 0.182 e. The predicted octanol–water partition coefficient (Wildman–Crippen LogP) is -2.26. The molecule has 0 unspecified atom stereocenters. The van der Waals surface area contributed by atoms with Crippen molar-refractivity contribution in [2.45, 2.75) is 0 Å². The van der Waals surface area contributed by atoms with Crippen molar-refractivity contribution in [3.63, 3.8) is 0 Å². The third-order valence-corrected chi connectivity index (χ3v) is 1.97. The van der Waals surface area contributed by atoms with Gasteiger partial charge >= 0.3 is 0 Å². The summed E-state index contributed by atoms with van der Waals surface area (Å²) in [4.78, 5) is 17.6. The zero-order chi connectivity index (χ0) is 11.9. The van der Waals surface area contributed by atoms with Crippen LogP contribution >= 0.6 is 0 Å². The van der Waals surface area contributed by atoms with E-state index in [2.05, 4.69) is 21.3 Å². The SMILES string of the molecule is C1CNCCNCCNCCN1.O=CC=O. The normalized spacial score (nSPS) is 19.2. The van der Waals surface area contributed by atoms with Gasteiger partial charge in [0.2, 0.25) is 0 Å². The van der Waals surface area contributed by atoms with Crippen LogP contribution in [0.25, 0.3) is 0 Å². The highest BCUT2D eigenvalue weighted by atomic mass is 16.2. The molecule has 0 aromatic carbocycles. The van der Waals surface area contributed by atoms with Gasteiger partial charge in [0, 0.05) is 52.4 Å². The number of rotatable bonds is 1. The first-order chi connectivity index (χ1) is 7.91. The van der Waals surface area contributed by atoms with E-state index in [9.17, 15) is 0 Å². The summed E-state index contributed by atoms with van der Waals surface area (Å²) >= 11 is 0. The third-order valence-electron chi connectivity index (χ3n) is 1.97. The molecule has 0 bridgehead atoms. The van der Waals surface area contributed by atoms with Crippen LogP contribution in [0.4, 0.5) is 0 Å². The summed E-state index contributed by atoms with van der Waals surface area (Å²) in [6.45, 7) is 8.57. The molecular formula is C10H22N4O2. The van der Waals surface area contributed by atoms with Crippen LogP contribution in [0.15, 0.2) is 0 Å². The minimum Gasteiger partial charge on any atom is -0.314 e. The van der Waals surface area contributed by atoms with Gasteiger partial charge in [0.05, 0.1) is 0 Å². The molecule has 0 atom stereocenters. The van der Waals surface area contributed by atoms with Gasteiger partial charge in [0.1, 0.15) is 0 Å². The van der Waals surface area contributed by atoms with E-state index in [1.165, 1.54) is 0 Å². The maximum Gasteiger partial charge on any atom is 0.182 e. The van der Waals surface area contributed by atoms with Crippen LogP contribution in [-0.2, 0) is 9.59 Å². The fraction of sp³-hybridized carbons (Fsp3) is 0.800. The Bertz CT molecular complexity index is 118. The molecule has 0 aromatic heterocycles. The Morgan fingerprint density at radius 3 is 0.812 bits per heavy atom. The standard InChI is InChI=1S/C8H20N4.C2H2O2/c1-2-10-5-6-12-8-7-11-4-3-9-1;3-1-2-4/h9-12H,1-8H2;1-2H. The van der Waals surface area contributed by atoms with Gasteiger partial charge in [-0.25, -0.2) is 0 Å². The van der Waals surface area contributed by atoms with Crippen LogP contribution in [0, 0.1) is 0 Å². The molecule has 1 saturated heterocycles. The highest BCUT2D eigenvalue weighted by Gasteiger charge is 1.92. The Kier molecular flexibility index (Phi) is 13.5. The Hall–Kier alpha value is -0.820. The van der Waals surface area contributed by atoms with Gasteiger partial charge in [-0.15, -0.1) is 0 Å². The molecule has 1 aliphatic heterocycles. The van der Waals surface area contributed by atoms with E-state index in [0.717, 1.165) is 52.4 Å². The van der Waals surface area contributed by atoms with Crippen molar-refractivity contribution in [1.82, 2.24) is 21.3 Å². The van der Waals surface area contributed by atoms with E-state index in [0.29, 0.717) is 0 Å². The van der Waals surface area contributed by atoms with Crippen LogP contribution < -0.4 is 21.3 Å². The Morgan fingerprint density at radius 2 is 0.688 bits per heavy atom. The molecule has 0 saturated carbocycles. The minimum atomic E-state index is 0.194. The number of carbonyl (C=O) groups is 2. The highest BCUT2D eigenvalue weighted by Crippen LogP contribution is 1.65. The van der Waals surface area contributed by atoms with Gasteiger partial charge < -0.3 is 21.3 Å². The zero-order valence-corrected chi connectivity index (χ0v) is 9.63. The van der Waals surface area contributed by atoms with Crippen molar-refractivity contribution in [1.29, 1.82) is 0 Å². The average Bonchev–Trinajstić information content (AvgIpc) is 2.30. The number of carbonyl (C=O) groups excluding carboxylic acids is 2. The van der Waals surface area contributed by atoms with Crippen molar-refractivity contribution >= 4 is 12.6 Å². The lowest BCUT2D eigenvalue weighted by Gasteiger charge is -2.11. The van der Waals surface area contributed by atoms with Gasteiger partial charge in [-0.1, -0.05) is 0 Å². The molecule has 94 valence electrons. The van der Waals surface area contributed by atoms with Crippen molar-refractivity contribution in [2.24, 2.45) is 0 Å². The maximum atomic E-state index is 8.81. The van der Waals surface area contributed by atoms with Crippen LogP contribution in [0.3, 0.4) is 0 Å². The van der Waals surface area contributed by atoms with E-state index in [-0.39, 0.29) is 12.6 Å². The second-order valence-corrected chi connectivity index (χ2v) is 3.27. The molecule has 6 heteroatoms. The molecule has 4 N–H and O–H groups in total. The fourth-order valence-corrected chi connectivity index (χ4v) is 1.21. The second kappa shape index (κ2) is 14.2. The summed E-state index contributed by atoms with van der Waals surface area (Å²) in [5.41, 5.74) is 0. The summed E-state index contributed by atoms with van der Waals surface area (Å²) in [5, 5.41) is 13.4. The molecule has 1 aliphatic rings. The topological polar surface area (TPSA) is 82.3 Å². The van der Waals surface area contributed by atoms with Gasteiger partial charge in [0.15, 0.2) is 12.6 Å². The quantitative estimate of drug-likeness (QED) is 0.301. The van der Waals surface area contributed by atoms with Crippen molar-refractivity contribution in [3.8, 4) is 0 Å². The molecule has 1 heterocycles. The monoisotopic (exact) mass is 230 g/mol. The van der Waals surface area contributed by atoms with Crippen LogP contribution in [-0.4, -0.2) is 64.9 Å². The first kappa shape index (κ1) is 15.2. The molecule has 0 amide bonds. The van der Waals surface area contributed by atoms with Gasteiger partial charge in [-0.2, -0.15) is 0 Å². The second-order valence-electron chi connectivity index (χ2n) is 3.27. The van der Waals surface area contributed by atoms with Crippen molar-refractivity contribution in [2.75, 3.05) is 52.4 Å². The molecule has 16 heavy (non-hydrogen) atoms. The first-order valence-corrected chi connectivity index (χ1v) is 5.63. The lowest BCUT2D eigenvalue weighted by atomic mass is 10.4. The number of nitrogens with one attached hydrogen (secondary N) is 4. The molecule has 6 nitrogen and oxygen atoms in total. The van der Waals surface area contributed by atoms with E-state index in [1.807, 2.05) is 0 Å². The predicted molar refractivity (Wildman–Crippen MR) is 63.6 cm³/mol. The summed E-state index contributed by atoms with van der Waals surface area (Å²) in [7, 11) is 0. The minimum absolute atomic E-state index is 0.194. The summed E-state index contributed by atoms with van der Waals surface area (Å²) in [6.07, 6.45) is 0.389. The first-order valence-electron chi connectivity index (χ1n) is 5.63. The van der Waals surface area contributed by atoms with E-state index >= 15 is 0 Å². The Balaban J connectivity index is 0.000000487. The zero-order valence-electron chi connectivity index (χ0n) is 9.63. The Morgan fingerprint density at radius 1 is 0.500 bits per heavy atom. The van der Waals surface area contributed by atoms with Gasteiger partial charge in [-0.05, 0) is 0 Å². The van der Waals surface area contributed by atoms with E-state index in [4.69, 9.17) is 9.59 Å². The molecular weight excluding hydrogens is 208 g/mol. The molecule has 0 aromatic rings. The van der Waals surface area contributed by atoms with Crippen molar-refractivity contribution < 1.29 is 9.59 Å². The molecule has 1 rings (SSSR count). The van der Waals surface area contributed by atoms with E-state index in [1.54, 1.807) is 0 Å². The van der Waals surface area contributed by atoms with Gasteiger partial charge in [0.25, 0.3) is 0 Å². The van der Waals surface area contributed by atoms with E-state index < -0.39 is 0 Å². The largest absolute Gasteiger partial charge is 0.314 e. The van der Waals surface area contributed by atoms with Crippen LogP contribution in [0.1, 0.15) is 0 Å². The van der Waals surface area contributed by atoms with Crippen LogP contribution in [0.2, 0.25) is 0 Å². The Labute approximate surface area is 96.5 Å². The summed E-state index contributed by atoms with van der Waals surface area (Å²) in [5.74, 6) is 0. The number of aldehydes is 2. The lowest BCUT2D eigenvalue weighted by Crippen LogP contribution is -2.39. The molecule has 1 fully saturated rings. The number of hydrogen-bond acceptors (Lipinski definition) is 6. The van der Waals surface area contributed by atoms with Gasteiger partial charge in [-0.3, -0.25) is 9.59 Å². The maximum absolute atomic E-state index is 8.81. The molecule has 0 spiro atoms. The summed E-state index contributed by atoms with van der Waals surface area (Å²) in [6, 6.07) is 0. The highest BCUT2D eigenvalue weighted by molar-refractivity contribution is 6.09. The third kappa shape index (κ3) is 13.2. The molecule has 0 radical (unpaired) electrons. The average molecular weight is 230 g/mol. The van der Waals surface area contributed by atoms with Crippen LogP contribution in [0.5, 0.6) is 0 Å². The fourth-order valence-electron chi connectivity index (χ4n) is 1.21. The number of hydrogen-bond donors (Lipinski definition) is 4. The summed E-state index contributed by atoms with van der Waals surface area (Å²) < 4.78 is 0. The lowest BCUT2D eigenvalue weighted by molar-refractivity contribution is -0.122. The molecule has 0 aliphatic carbocycles.